The van der Waals surface area contributed by atoms with E-state index in [-0.39, 0.29) is 10.8 Å². The highest BCUT2D eigenvalue weighted by Crippen LogP contribution is 2.20. The standard InChI is InChI=1S/C19H29N3O3S/c1-16-7-3-4-10-21(16)14-13-20(2)26(24,25)18-9-5-8-17(15-18)19(23)22-11-6-12-22/h5,8-9,15-16H,3-4,6-7,10-14H2,1-2H3. The van der Waals surface area contributed by atoms with Crippen molar-refractivity contribution in [1.29, 1.82) is 0 Å². The van der Waals surface area contributed by atoms with Crippen LogP contribution in [0.4, 0.5) is 0 Å². The molecule has 0 bridgehead atoms. The van der Waals surface area contributed by atoms with Crippen LogP contribution in [0.25, 0.3) is 0 Å². The van der Waals surface area contributed by atoms with Crippen molar-refractivity contribution in [3.8, 4) is 0 Å². The van der Waals surface area contributed by atoms with Crippen molar-refractivity contribution in [2.45, 2.75) is 43.5 Å². The van der Waals surface area contributed by atoms with E-state index < -0.39 is 10.0 Å². The van der Waals surface area contributed by atoms with Gasteiger partial charge in [0.15, 0.2) is 0 Å². The Morgan fingerprint density at radius 2 is 1.96 bits per heavy atom. The Morgan fingerprint density at radius 1 is 1.19 bits per heavy atom. The third-order valence-corrected chi connectivity index (χ3v) is 7.43. The molecule has 1 aromatic rings. The topological polar surface area (TPSA) is 60.9 Å². The quantitative estimate of drug-likeness (QED) is 0.759. The number of piperidine rings is 1. The molecule has 3 rings (SSSR count). The summed E-state index contributed by atoms with van der Waals surface area (Å²) < 4.78 is 27.2. The maximum atomic E-state index is 12.9. The van der Waals surface area contributed by atoms with E-state index in [0.717, 1.165) is 32.6 Å². The van der Waals surface area contributed by atoms with Crippen molar-refractivity contribution in [2.75, 3.05) is 39.8 Å². The fourth-order valence-electron chi connectivity index (χ4n) is 3.55. The van der Waals surface area contributed by atoms with Gasteiger partial charge in [-0.1, -0.05) is 12.5 Å². The van der Waals surface area contributed by atoms with Gasteiger partial charge in [-0.3, -0.25) is 9.69 Å². The van der Waals surface area contributed by atoms with Crippen LogP contribution in [0.3, 0.4) is 0 Å². The molecule has 0 spiro atoms. The molecule has 7 heteroatoms. The van der Waals surface area contributed by atoms with Crippen LogP contribution < -0.4 is 0 Å². The zero-order valence-corrected chi connectivity index (χ0v) is 16.5. The predicted molar refractivity (Wildman–Crippen MR) is 102 cm³/mol. The van der Waals surface area contributed by atoms with E-state index in [0.29, 0.717) is 18.2 Å². The molecule has 2 fully saturated rings. The minimum atomic E-state index is -3.59. The lowest BCUT2D eigenvalue weighted by molar-refractivity contribution is 0.0651. The van der Waals surface area contributed by atoms with E-state index in [1.165, 1.54) is 29.6 Å². The summed E-state index contributed by atoms with van der Waals surface area (Å²) in [4.78, 5) is 16.7. The average molecular weight is 380 g/mol. The van der Waals surface area contributed by atoms with Crippen molar-refractivity contribution in [1.82, 2.24) is 14.1 Å². The number of rotatable bonds is 6. The number of benzene rings is 1. The third-order valence-electron chi connectivity index (χ3n) is 5.58. The molecule has 2 aliphatic heterocycles. The molecule has 0 N–H and O–H groups in total. The second-order valence-electron chi connectivity index (χ2n) is 7.38. The van der Waals surface area contributed by atoms with E-state index >= 15 is 0 Å². The molecule has 0 saturated carbocycles. The largest absolute Gasteiger partial charge is 0.339 e. The van der Waals surface area contributed by atoms with Crippen LogP contribution in [0.5, 0.6) is 0 Å². The van der Waals surface area contributed by atoms with Crippen molar-refractivity contribution in [3.63, 3.8) is 0 Å². The molecule has 0 radical (unpaired) electrons. The molecule has 2 saturated heterocycles. The number of carbonyl (C=O) groups excluding carboxylic acids is 1. The molecule has 0 aromatic heterocycles. The van der Waals surface area contributed by atoms with E-state index in [9.17, 15) is 13.2 Å². The van der Waals surface area contributed by atoms with Crippen LogP contribution in [-0.4, -0.2) is 74.2 Å². The molecule has 0 aliphatic carbocycles. The Kier molecular flexibility index (Phi) is 5.99. The second kappa shape index (κ2) is 8.06. The molecular weight excluding hydrogens is 350 g/mol. The third kappa shape index (κ3) is 4.10. The number of sulfonamides is 1. The van der Waals surface area contributed by atoms with Gasteiger partial charge in [0.1, 0.15) is 0 Å². The summed E-state index contributed by atoms with van der Waals surface area (Å²) in [5.41, 5.74) is 0.448. The molecule has 6 nitrogen and oxygen atoms in total. The van der Waals surface area contributed by atoms with Crippen LogP contribution in [-0.2, 0) is 10.0 Å². The lowest BCUT2D eigenvalue weighted by atomic mass is 10.0. The minimum absolute atomic E-state index is 0.0851. The normalized spacial score (nSPS) is 21.7. The van der Waals surface area contributed by atoms with Gasteiger partial charge in [0.2, 0.25) is 10.0 Å². The number of hydrogen-bond acceptors (Lipinski definition) is 4. The Hall–Kier alpha value is -1.44. The number of hydrogen-bond donors (Lipinski definition) is 0. The summed E-state index contributed by atoms with van der Waals surface area (Å²) in [7, 11) is -1.97. The highest BCUT2D eigenvalue weighted by Gasteiger charge is 2.26. The van der Waals surface area contributed by atoms with Gasteiger partial charge < -0.3 is 4.90 Å². The van der Waals surface area contributed by atoms with Gasteiger partial charge in [-0.2, -0.15) is 4.31 Å². The molecule has 26 heavy (non-hydrogen) atoms. The Bertz CT molecular complexity index is 746. The predicted octanol–water partition coefficient (Wildman–Crippen LogP) is 2.03. The van der Waals surface area contributed by atoms with Crippen LogP contribution in [0.1, 0.15) is 43.0 Å². The number of carbonyl (C=O) groups is 1. The van der Waals surface area contributed by atoms with E-state index in [4.69, 9.17) is 0 Å². The van der Waals surface area contributed by atoms with Crippen LogP contribution >= 0.6 is 0 Å². The van der Waals surface area contributed by atoms with Gasteiger partial charge in [0, 0.05) is 44.8 Å². The Morgan fingerprint density at radius 3 is 2.62 bits per heavy atom. The molecule has 1 amide bonds. The molecule has 1 atom stereocenters. The maximum absolute atomic E-state index is 12.9. The fourth-order valence-corrected chi connectivity index (χ4v) is 4.76. The van der Waals surface area contributed by atoms with Crippen molar-refractivity contribution in [3.05, 3.63) is 29.8 Å². The maximum Gasteiger partial charge on any atom is 0.253 e. The molecule has 2 heterocycles. The Labute approximate surface area is 156 Å². The van der Waals surface area contributed by atoms with Crippen molar-refractivity contribution >= 4 is 15.9 Å². The van der Waals surface area contributed by atoms with Crippen LogP contribution in [0.2, 0.25) is 0 Å². The molecule has 2 aliphatic rings. The van der Waals surface area contributed by atoms with Gasteiger partial charge >= 0.3 is 0 Å². The van der Waals surface area contributed by atoms with Gasteiger partial charge in [-0.15, -0.1) is 0 Å². The van der Waals surface area contributed by atoms with Crippen LogP contribution in [0, 0.1) is 0 Å². The van der Waals surface area contributed by atoms with Crippen LogP contribution in [0.15, 0.2) is 29.2 Å². The zero-order valence-electron chi connectivity index (χ0n) is 15.7. The van der Waals surface area contributed by atoms with E-state index in [2.05, 4.69) is 11.8 Å². The highest BCUT2D eigenvalue weighted by atomic mass is 32.2. The van der Waals surface area contributed by atoms with Gasteiger partial charge in [0.25, 0.3) is 5.91 Å². The lowest BCUT2D eigenvalue weighted by Crippen LogP contribution is -2.43. The number of likely N-dealkylation sites (N-methyl/N-ethyl adjacent to an activating group) is 1. The minimum Gasteiger partial charge on any atom is -0.339 e. The molecule has 144 valence electrons. The summed E-state index contributed by atoms with van der Waals surface area (Å²) in [6.45, 7) is 5.95. The van der Waals surface area contributed by atoms with E-state index in [1.54, 1.807) is 30.1 Å². The Balaban J connectivity index is 1.67. The first-order valence-corrected chi connectivity index (χ1v) is 10.9. The highest BCUT2D eigenvalue weighted by molar-refractivity contribution is 7.89. The molecular formula is C19H29N3O3S. The second-order valence-corrected chi connectivity index (χ2v) is 9.43. The first kappa shape index (κ1) is 19.3. The fraction of sp³-hybridized carbons (Fsp3) is 0.632. The molecule has 1 unspecified atom stereocenters. The van der Waals surface area contributed by atoms with Crippen molar-refractivity contribution < 1.29 is 13.2 Å². The number of likely N-dealkylation sites (tertiary alicyclic amines) is 2. The van der Waals surface area contributed by atoms with Gasteiger partial charge in [0.05, 0.1) is 4.90 Å². The molecule has 1 aromatic carbocycles. The zero-order chi connectivity index (χ0) is 18.7. The summed E-state index contributed by atoms with van der Waals surface area (Å²) in [5.74, 6) is -0.0851. The monoisotopic (exact) mass is 379 g/mol. The van der Waals surface area contributed by atoms with Gasteiger partial charge in [-0.05, 0) is 50.9 Å². The van der Waals surface area contributed by atoms with Gasteiger partial charge in [-0.25, -0.2) is 8.42 Å². The summed E-state index contributed by atoms with van der Waals surface area (Å²) >= 11 is 0. The van der Waals surface area contributed by atoms with E-state index in [1.807, 2.05) is 0 Å². The summed E-state index contributed by atoms with van der Waals surface area (Å²) in [6.07, 6.45) is 4.63. The smallest absolute Gasteiger partial charge is 0.253 e. The average Bonchev–Trinajstić information content (AvgIpc) is 2.59. The lowest BCUT2D eigenvalue weighted by Gasteiger charge is -2.34. The SMILES string of the molecule is CC1CCCCN1CCN(C)S(=O)(=O)c1cccc(C(=O)N2CCC2)c1. The first-order chi connectivity index (χ1) is 12.4. The first-order valence-electron chi connectivity index (χ1n) is 9.49. The summed E-state index contributed by atoms with van der Waals surface area (Å²) in [5, 5.41) is 0. The summed E-state index contributed by atoms with van der Waals surface area (Å²) in [6, 6.07) is 6.94. The number of nitrogens with zero attached hydrogens (tertiary/aromatic N) is 3. The number of amides is 1. The van der Waals surface area contributed by atoms with Crippen molar-refractivity contribution in [2.24, 2.45) is 0 Å².